The Morgan fingerprint density at radius 2 is 1.83 bits per heavy atom. The third-order valence-electron chi connectivity index (χ3n) is 3.69. The first-order chi connectivity index (χ1) is 11.1. The first-order valence-electron chi connectivity index (χ1n) is 7.40. The minimum atomic E-state index is 0.00348. The predicted molar refractivity (Wildman–Crippen MR) is 90.2 cm³/mol. The highest BCUT2D eigenvalue weighted by atomic mass is 35.5. The fourth-order valence-electron chi connectivity index (χ4n) is 2.35. The Morgan fingerprint density at radius 1 is 1.13 bits per heavy atom. The number of ketones is 1. The summed E-state index contributed by atoms with van der Waals surface area (Å²) in [5, 5.41) is 9.00. The summed E-state index contributed by atoms with van der Waals surface area (Å²) < 4.78 is 1.69. The second-order valence-electron chi connectivity index (χ2n) is 5.46. The van der Waals surface area contributed by atoms with E-state index < -0.39 is 0 Å². The first kappa shape index (κ1) is 15.4. The molecule has 0 aliphatic heterocycles. The molecule has 0 aliphatic carbocycles. The van der Waals surface area contributed by atoms with Gasteiger partial charge in [-0.25, -0.2) is 4.68 Å². The zero-order chi connectivity index (χ0) is 16.2. The summed E-state index contributed by atoms with van der Waals surface area (Å²) in [6.07, 6.45) is 2.26. The molecule has 0 amide bonds. The van der Waals surface area contributed by atoms with Crippen LogP contribution in [0.1, 0.15) is 35.3 Å². The van der Waals surface area contributed by atoms with Crippen LogP contribution in [0.3, 0.4) is 0 Å². The van der Waals surface area contributed by atoms with Gasteiger partial charge in [0.2, 0.25) is 0 Å². The average molecular weight is 326 g/mol. The number of aromatic nitrogens is 3. The van der Waals surface area contributed by atoms with E-state index in [1.54, 1.807) is 16.8 Å². The molecule has 0 saturated carbocycles. The van der Waals surface area contributed by atoms with Crippen molar-refractivity contribution in [2.24, 2.45) is 0 Å². The van der Waals surface area contributed by atoms with Crippen molar-refractivity contribution in [2.75, 3.05) is 0 Å². The van der Waals surface area contributed by atoms with Crippen LogP contribution in [0, 0.1) is 0 Å². The van der Waals surface area contributed by atoms with Gasteiger partial charge in [0.25, 0.3) is 0 Å². The van der Waals surface area contributed by atoms with Crippen LogP contribution in [0.2, 0.25) is 5.02 Å². The van der Waals surface area contributed by atoms with Crippen LogP contribution in [0.5, 0.6) is 0 Å². The molecule has 116 valence electrons. The maximum absolute atomic E-state index is 12.3. The SMILES string of the molecule is C[C@@H](CC(=O)c1ccccc1)c1cn(-c2ccc(Cl)cc2)nn1. The minimum Gasteiger partial charge on any atom is -0.294 e. The molecule has 4 nitrogen and oxygen atoms in total. The summed E-state index contributed by atoms with van der Waals surface area (Å²) in [5.74, 6) is 0.114. The second kappa shape index (κ2) is 6.75. The van der Waals surface area contributed by atoms with Crippen LogP contribution in [0.15, 0.2) is 60.8 Å². The van der Waals surface area contributed by atoms with Crippen LogP contribution in [-0.4, -0.2) is 20.8 Å². The zero-order valence-corrected chi connectivity index (χ0v) is 13.4. The van der Waals surface area contributed by atoms with Gasteiger partial charge in [-0.1, -0.05) is 54.1 Å². The number of Topliss-reactive ketones (excluding diaryl/α,β-unsaturated/α-hetero) is 1. The number of carbonyl (C=O) groups excluding carboxylic acids is 1. The molecule has 3 rings (SSSR count). The molecular formula is C18H16ClN3O. The van der Waals surface area contributed by atoms with Crippen molar-refractivity contribution in [3.63, 3.8) is 0 Å². The lowest BCUT2D eigenvalue weighted by Crippen LogP contribution is -2.05. The first-order valence-corrected chi connectivity index (χ1v) is 7.78. The number of carbonyl (C=O) groups is 1. The van der Waals surface area contributed by atoms with Gasteiger partial charge in [0, 0.05) is 22.9 Å². The fourth-order valence-corrected chi connectivity index (χ4v) is 2.47. The second-order valence-corrected chi connectivity index (χ2v) is 5.90. The van der Waals surface area contributed by atoms with Gasteiger partial charge in [-0.05, 0) is 24.3 Å². The molecule has 0 saturated heterocycles. The highest BCUT2D eigenvalue weighted by Crippen LogP contribution is 2.20. The lowest BCUT2D eigenvalue weighted by Gasteiger charge is -2.07. The van der Waals surface area contributed by atoms with Gasteiger partial charge in [0.1, 0.15) is 0 Å². The third-order valence-corrected chi connectivity index (χ3v) is 3.95. The molecular weight excluding hydrogens is 310 g/mol. The van der Waals surface area contributed by atoms with E-state index in [0.29, 0.717) is 11.4 Å². The summed E-state index contributed by atoms with van der Waals surface area (Å²) >= 11 is 5.89. The van der Waals surface area contributed by atoms with Crippen LogP contribution >= 0.6 is 11.6 Å². The van der Waals surface area contributed by atoms with E-state index in [1.807, 2.05) is 55.6 Å². The van der Waals surface area contributed by atoms with Gasteiger partial charge < -0.3 is 0 Å². The Bertz CT molecular complexity index is 797. The van der Waals surface area contributed by atoms with Crippen LogP contribution in [-0.2, 0) is 0 Å². The van der Waals surface area contributed by atoms with Crippen molar-refractivity contribution < 1.29 is 4.79 Å². The van der Waals surface area contributed by atoms with Crippen molar-refractivity contribution in [3.8, 4) is 5.69 Å². The normalized spacial score (nSPS) is 12.1. The van der Waals surface area contributed by atoms with Crippen LogP contribution < -0.4 is 0 Å². The maximum Gasteiger partial charge on any atom is 0.163 e. The molecule has 0 aliphatic rings. The van der Waals surface area contributed by atoms with E-state index in [1.165, 1.54) is 0 Å². The Hall–Kier alpha value is -2.46. The Morgan fingerprint density at radius 3 is 2.52 bits per heavy atom. The smallest absolute Gasteiger partial charge is 0.163 e. The van der Waals surface area contributed by atoms with Crippen molar-refractivity contribution >= 4 is 17.4 Å². The van der Waals surface area contributed by atoms with E-state index in [4.69, 9.17) is 11.6 Å². The van der Waals surface area contributed by atoms with E-state index in [2.05, 4.69) is 10.3 Å². The van der Waals surface area contributed by atoms with Crippen molar-refractivity contribution in [1.82, 2.24) is 15.0 Å². The Balaban J connectivity index is 1.72. The fraction of sp³-hybridized carbons (Fsp3) is 0.167. The summed E-state index contributed by atoms with van der Waals surface area (Å²) in [5.41, 5.74) is 2.41. The highest BCUT2D eigenvalue weighted by molar-refractivity contribution is 6.30. The monoisotopic (exact) mass is 325 g/mol. The zero-order valence-electron chi connectivity index (χ0n) is 12.7. The molecule has 0 radical (unpaired) electrons. The number of benzene rings is 2. The van der Waals surface area contributed by atoms with E-state index in [0.717, 1.165) is 16.9 Å². The van der Waals surface area contributed by atoms with Gasteiger partial charge in [0.05, 0.1) is 17.6 Å². The van der Waals surface area contributed by atoms with Crippen molar-refractivity contribution in [2.45, 2.75) is 19.3 Å². The standard InChI is InChI=1S/C18H16ClN3O/c1-13(11-18(23)14-5-3-2-4-6-14)17-12-22(21-20-17)16-9-7-15(19)8-10-16/h2-10,12-13H,11H2,1H3/t13-/m0/s1. The molecule has 1 heterocycles. The van der Waals surface area contributed by atoms with Crippen LogP contribution in [0.4, 0.5) is 0 Å². The predicted octanol–water partition coefficient (Wildman–Crippen LogP) is 4.30. The summed E-state index contributed by atoms with van der Waals surface area (Å²) in [4.78, 5) is 12.3. The molecule has 23 heavy (non-hydrogen) atoms. The van der Waals surface area contributed by atoms with E-state index in [-0.39, 0.29) is 11.7 Å². The van der Waals surface area contributed by atoms with Gasteiger partial charge in [-0.2, -0.15) is 0 Å². The van der Waals surface area contributed by atoms with E-state index >= 15 is 0 Å². The molecule has 1 aromatic heterocycles. The lowest BCUT2D eigenvalue weighted by atomic mass is 9.97. The Kier molecular flexibility index (Phi) is 4.53. The largest absolute Gasteiger partial charge is 0.294 e. The average Bonchev–Trinajstić information content (AvgIpc) is 3.06. The molecule has 0 bridgehead atoms. The van der Waals surface area contributed by atoms with Gasteiger partial charge >= 0.3 is 0 Å². The van der Waals surface area contributed by atoms with Crippen molar-refractivity contribution in [3.05, 3.63) is 77.1 Å². The van der Waals surface area contributed by atoms with Crippen molar-refractivity contribution in [1.29, 1.82) is 0 Å². The molecule has 0 fully saturated rings. The van der Waals surface area contributed by atoms with Gasteiger partial charge in [-0.15, -0.1) is 5.10 Å². The quantitative estimate of drug-likeness (QED) is 0.657. The van der Waals surface area contributed by atoms with Crippen LogP contribution in [0.25, 0.3) is 5.69 Å². The Labute approximate surface area is 139 Å². The molecule has 1 atom stereocenters. The molecule has 0 N–H and O–H groups in total. The maximum atomic E-state index is 12.3. The third kappa shape index (κ3) is 3.66. The minimum absolute atomic E-state index is 0.00348. The number of hydrogen-bond donors (Lipinski definition) is 0. The topological polar surface area (TPSA) is 47.8 Å². The van der Waals surface area contributed by atoms with Gasteiger partial charge in [-0.3, -0.25) is 4.79 Å². The molecule has 5 heteroatoms. The molecule has 3 aromatic rings. The number of hydrogen-bond acceptors (Lipinski definition) is 3. The summed E-state index contributed by atoms with van der Waals surface area (Å²) in [6, 6.07) is 16.7. The number of halogens is 1. The summed E-state index contributed by atoms with van der Waals surface area (Å²) in [6.45, 7) is 1.98. The molecule has 0 unspecified atom stereocenters. The number of nitrogens with zero attached hydrogens (tertiary/aromatic N) is 3. The molecule has 0 spiro atoms. The highest BCUT2D eigenvalue weighted by Gasteiger charge is 2.16. The number of rotatable bonds is 5. The summed E-state index contributed by atoms with van der Waals surface area (Å²) in [7, 11) is 0. The van der Waals surface area contributed by atoms with E-state index in [9.17, 15) is 4.79 Å². The lowest BCUT2D eigenvalue weighted by molar-refractivity contribution is 0.0975. The molecule has 2 aromatic carbocycles. The van der Waals surface area contributed by atoms with Gasteiger partial charge in [0.15, 0.2) is 5.78 Å².